The lowest BCUT2D eigenvalue weighted by Gasteiger charge is -2.26. The molecule has 1 aliphatic rings. The van der Waals surface area contributed by atoms with E-state index in [0.717, 1.165) is 8.47 Å². The Kier molecular flexibility index (Phi) is 4.94. The number of rotatable bonds is 3. The lowest BCUT2D eigenvalue weighted by atomic mass is 10.1. The van der Waals surface area contributed by atoms with Crippen LogP contribution >= 0.6 is 22.6 Å². The molecule has 0 atom stereocenters. The number of carbonyl (C=O) groups excluding carboxylic acids is 3. The zero-order chi connectivity index (χ0) is 18.8. The highest BCUT2D eigenvalue weighted by Crippen LogP contribution is 2.25. The fraction of sp³-hybridized carbons (Fsp3) is 0.0556. The van der Waals surface area contributed by atoms with Crippen molar-refractivity contribution in [2.45, 2.75) is 0 Å². The second-order valence-corrected chi connectivity index (χ2v) is 6.64. The number of anilines is 1. The summed E-state index contributed by atoms with van der Waals surface area (Å²) in [5, 5.41) is 11.5. The third-order valence-electron chi connectivity index (χ3n) is 3.65. The number of halogens is 1. The highest BCUT2D eigenvalue weighted by Gasteiger charge is 2.36. The zero-order valence-electron chi connectivity index (χ0n) is 13.5. The monoisotopic (exact) mass is 464 g/mol. The first kappa shape index (κ1) is 17.9. The van der Waals surface area contributed by atoms with Crippen molar-refractivity contribution in [3.63, 3.8) is 0 Å². The maximum Gasteiger partial charge on any atom is 0.335 e. The molecule has 1 fully saturated rings. The van der Waals surface area contributed by atoms with Crippen molar-refractivity contribution < 1.29 is 24.2 Å². The molecule has 26 heavy (non-hydrogen) atoms. The number of aromatic hydroxyl groups is 1. The summed E-state index contributed by atoms with van der Waals surface area (Å²) in [6, 6.07) is 9.93. The second kappa shape index (κ2) is 7.16. The Hall–Kier alpha value is -2.88. The molecule has 0 radical (unpaired) electrons. The highest BCUT2D eigenvalue weighted by molar-refractivity contribution is 14.1. The summed E-state index contributed by atoms with van der Waals surface area (Å²) >= 11 is 2.10. The van der Waals surface area contributed by atoms with Crippen LogP contribution in [0.15, 0.2) is 48.0 Å². The predicted molar refractivity (Wildman–Crippen MR) is 103 cm³/mol. The molecule has 3 rings (SSSR count). The molecule has 132 valence electrons. The number of methoxy groups -OCH3 is 1. The lowest BCUT2D eigenvalue weighted by molar-refractivity contribution is -0.122. The van der Waals surface area contributed by atoms with E-state index in [2.05, 4.69) is 27.9 Å². The summed E-state index contributed by atoms with van der Waals surface area (Å²) in [6.07, 6.45) is 1.40. The Balaban J connectivity index is 2.02. The number of urea groups is 1. The number of nitrogens with one attached hydrogen (secondary N) is 1. The van der Waals surface area contributed by atoms with Crippen LogP contribution in [0, 0.1) is 3.57 Å². The van der Waals surface area contributed by atoms with Crippen molar-refractivity contribution in [2.24, 2.45) is 0 Å². The molecule has 2 aromatic rings. The second-order valence-electron chi connectivity index (χ2n) is 5.40. The van der Waals surface area contributed by atoms with Crippen LogP contribution in [-0.2, 0) is 9.59 Å². The van der Waals surface area contributed by atoms with E-state index in [4.69, 9.17) is 4.74 Å². The summed E-state index contributed by atoms with van der Waals surface area (Å²) in [5.41, 5.74) is 0.651. The number of carbonyl (C=O) groups is 3. The van der Waals surface area contributed by atoms with Crippen LogP contribution in [0.1, 0.15) is 5.56 Å². The van der Waals surface area contributed by atoms with E-state index in [0.29, 0.717) is 11.3 Å². The third kappa shape index (κ3) is 3.54. The van der Waals surface area contributed by atoms with Crippen molar-refractivity contribution in [3.05, 3.63) is 57.2 Å². The van der Waals surface area contributed by atoms with Gasteiger partial charge in [0.15, 0.2) is 0 Å². The van der Waals surface area contributed by atoms with Gasteiger partial charge in [-0.3, -0.25) is 14.9 Å². The average molecular weight is 464 g/mol. The van der Waals surface area contributed by atoms with E-state index in [1.165, 1.54) is 37.5 Å². The first-order valence-corrected chi connectivity index (χ1v) is 8.52. The number of imide groups is 2. The van der Waals surface area contributed by atoms with Gasteiger partial charge in [-0.1, -0.05) is 0 Å². The minimum Gasteiger partial charge on any atom is -0.508 e. The molecule has 1 saturated heterocycles. The Bertz CT molecular complexity index is 937. The van der Waals surface area contributed by atoms with Gasteiger partial charge in [0.2, 0.25) is 0 Å². The van der Waals surface area contributed by atoms with Gasteiger partial charge in [0, 0.05) is 3.57 Å². The van der Waals surface area contributed by atoms with Gasteiger partial charge in [-0.05, 0) is 76.7 Å². The highest BCUT2D eigenvalue weighted by atomic mass is 127. The molecule has 2 N–H and O–H groups in total. The summed E-state index contributed by atoms with van der Waals surface area (Å²) < 4.78 is 6.05. The number of phenolic OH excluding ortho intramolecular Hbond substituents is 1. The number of benzene rings is 2. The van der Waals surface area contributed by atoms with E-state index < -0.39 is 17.8 Å². The predicted octanol–water partition coefficient (Wildman–Crippen LogP) is 2.67. The molecule has 0 aliphatic carbocycles. The van der Waals surface area contributed by atoms with Gasteiger partial charge in [-0.25, -0.2) is 9.69 Å². The van der Waals surface area contributed by atoms with Crippen LogP contribution in [0.3, 0.4) is 0 Å². The lowest BCUT2D eigenvalue weighted by Crippen LogP contribution is -2.54. The average Bonchev–Trinajstić information content (AvgIpc) is 2.59. The number of amides is 4. The molecule has 0 saturated carbocycles. The molecular formula is C18H13IN2O5. The zero-order valence-corrected chi connectivity index (χ0v) is 15.7. The van der Waals surface area contributed by atoms with Crippen LogP contribution in [0.25, 0.3) is 6.08 Å². The van der Waals surface area contributed by atoms with Gasteiger partial charge >= 0.3 is 6.03 Å². The molecule has 1 aliphatic heterocycles. The van der Waals surface area contributed by atoms with Gasteiger partial charge in [-0.2, -0.15) is 0 Å². The van der Waals surface area contributed by atoms with Crippen LogP contribution in [0.5, 0.6) is 11.5 Å². The summed E-state index contributed by atoms with van der Waals surface area (Å²) in [4.78, 5) is 37.9. The van der Waals surface area contributed by atoms with Gasteiger partial charge in [0.25, 0.3) is 11.8 Å². The van der Waals surface area contributed by atoms with Crippen molar-refractivity contribution in [2.75, 3.05) is 12.0 Å². The maximum atomic E-state index is 12.8. The fourth-order valence-electron chi connectivity index (χ4n) is 2.45. The van der Waals surface area contributed by atoms with Gasteiger partial charge in [0.05, 0.1) is 12.8 Å². The van der Waals surface area contributed by atoms with Gasteiger partial charge in [0.1, 0.15) is 17.1 Å². The number of barbiturate groups is 1. The number of nitrogens with zero attached hydrogens (tertiary/aromatic N) is 1. The quantitative estimate of drug-likeness (QED) is 0.414. The Labute approximate surface area is 162 Å². The van der Waals surface area contributed by atoms with Crippen molar-refractivity contribution in [1.82, 2.24) is 5.32 Å². The Morgan fingerprint density at radius 1 is 1.12 bits per heavy atom. The van der Waals surface area contributed by atoms with Crippen molar-refractivity contribution >= 4 is 52.2 Å². The first-order valence-electron chi connectivity index (χ1n) is 7.44. The molecule has 0 unspecified atom stereocenters. The minimum absolute atomic E-state index is 0.00332. The standard InChI is InChI=1S/C18H13IN2O5/c1-26-14-7-10(6-11(19)9-14)8-15-16(23)20-18(25)21(17(15)24)12-2-4-13(22)5-3-12/h2-9,22H,1H3,(H,20,23,25)/b15-8+. The largest absolute Gasteiger partial charge is 0.508 e. The molecule has 4 amide bonds. The third-order valence-corrected chi connectivity index (χ3v) is 4.27. The molecule has 0 spiro atoms. The van der Waals surface area contributed by atoms with Crippen molar-refractivity contribution in [1.29, 1.82) is 0 Å². The van der Waals surface area contributed by atoms with E-state index in [9.17, 15) is 19.5 Å². The maximum absolute atomic E-state index is 12.8. The SMILES string of the molecule is COc1cc(I)cc(/C=C2\C(=O)NC(=O)N(c3ccc(O)cc3)C2=O)c1. The van der Waals surface area contributed by atoms with E-state index in [1.54, 1.807) is 18.2 Å². The number of ether oxygens (including phenoxy) is 1. The molecule has 7 nitrogen and oxygen atoms in total. The van der Waals surface area contributed by atoms with E-state index in [-0.39, 0.29) is 17.0 Å². The van der Waals surface area contributed by atoms with Crippen LogP contribution in [0.4, 0.5) is 10.5 Å². The summed E-state index contributed by atoms with van der Waals surface area (Å²) in [6.45, 7) is 0. The number of hydrogen-bond donors (Lipinski definition) is 2. The topological polar surface area (TPSA) is 95.9 Å². The van der Waals surface area contributed by atoms with Crippen LogP contribution < -0.4 is 15.0 Å². The fourth-order valence-corrected chi connectivity index (χ4v) is 3.11. The minimum atomic E-state index is -0.844. The normalized spacial score (nSPS) is 16.0. The van der Waals surface area contributed by atoms with Crippen LogP contribution in [-0.4, -0.2) is 30.1 Å². The molecule has 8 heteroatoms. The van der Waals surface area contributed by atoms with E-state index in [1.807, 2.05) is 0 Å². The molecule has 0 bridgehead atoms. The van der Waals surface area contributed by atoms with E-state index >= 15 is 0 Å². The van der Waals surface area contributed by atoms with Gasteiger partial charge in [-0.15, -0.1) is 0 Å². The van der Waals surface area contributed by atoms with Gasteiger partial charge < -0.3 is 9.84 Å². The Morgan fingerprint density at radius 2 is 1.81 bits per heavy atom. The molecule has 1 heterocycles. The van der Waals surface area contributed by atoms with Crippen LogP contribution in [0.2, 0.25) is 0 Å². The molecule has 0 aromatic heterocycles. The number of hydrogen-bond acceptors (Lipinski definition) is 5. The molecule has 2 aromatic carbocycles. The number of phenols is 1. The smallest absolute Gasteiger partial charge is 0.335 e. The Morgan fingerprint density at radius 3 is 2.46 bits per heavy atom. The van der Waals surface area contributed by atoms with Crippen molar-refractivity contribution in [3.8, 4) is 11.5 Å². The summed E-state index contributed by atoms with van der Waals surface area (Å²) in [7, 11) is 1.52. The first-order chi connectivity index (χ1) is 12.4. The molecular weight excluding hydrogens is 451 g/mol. The summed E-state index contributed by atoms with van der Waals surface area (Å²) in [5.74, 6) is -0.939.